The fourth-order valence-corrected chi connectivity index (χ4v) is 2.12. The van der Waals surface area contributed by atoms with Crippen LogP contribution in [0, 0.1) is 0 Å². The number of alkyl halides is 1. The Balaban J connectivity index is 2.97. The third kappa shape index (κ3) is 3.61. The summed E-state index contributed by atoms with van der Waals surface area (Å²) in [6, 6.07) is 5.85. The standard InChI is InChI=1S/C11H14FN3O2S/c1-17-11(10(7-12)14-15-13)8-3-5-9(6-4-8)18(2)16/h3-6,10-11H,7H2,1-2H3/t10-,11-,18?/m1/s1. The van der Waals surface area contributed by atoms with Crippen LogP contribution >= 0.6 is 0 Å². The molecule has 1 rings (SSSR count). The van der Waals surface area contributed by atoms with Crippen LogP contribution in [-0.4, -0.2) is 30.6 Å². The molecule has 7 heteroatoms. The van der Waals surface area contributed by atoms with Crippen molar-refractivity contribution in [2.24, 2.45) is 5.11 Å². The average Bonchev–Trinajstić information content (AvgIpc) is 2.39. The van der Waals surface area contributed by atoms with E-state index in [-0.39, 0.29) is 0 Å². The lowest BCUT2D eigenvalue weighted by molar-refractivity contribution is 0.0721. The highest BCUT2D eigenvalue weighted by molar-refractivity contribution is 7.90. The van der Waals surface area contributed by atoms with E-state index in [1.54, 1.807) is 30.5 Å². The van der Waals surface area contributed by atoms with E-state index >= 15 is 0 Å². The van der Waals surface area contributed by atoms with Gasteiger partial charge in [0.25, 0.3) is 0 Å². The quantitative estimate of drug-likeness (QED) is 0.345. The van der Waals surface area contributed by atoms with Gasteiger partial charge in [0.1, 0.15) is 12.9 Å². The molecule has 0 fully saturated rings. The van der Waals surface area contributed by atoms with E-state index in [2.05, 4.69) is 10.0 Å². The molecule has 1 aromatic carbocycles. The van der Waals surface area contributed by atoms with Crippen LogP contribution in [0.5, 0.6) is 0 Å². The zero-order valence-electron chi connectivity index (χ0n) is 10.1. The molecule has 0 saturated heterocycles. The van der Waals surface area contributed by atoms with Crippen molar-refractivity contribution in [2.45, 2.75) is 17.0 Å². The van der Waals surface area contributed by atoms with Crippen molar-refractivity contribution in [2.75, 3.05) is 20.0 Å². The van der Waals surface area contributed by atoms with Gasteiger partial charge in [-0.15, -0.1) is 0 Å². The van der Waals surface area contributed by atoms with Crippen molar-refractivity contribution in [3.05, 3.63) is 40.3 Å². The number of hydrogen-bond donors (Lipinski definition) is 0. The molecule has 18 heavy (non-hydrogen) atoms. The predicted octanol–water partition coefficient (Wildman–Crippen LogP) is 2.76. The van der Waals surface area contributed by atoms with Gasteiger partial charge in [0.2, 0.25) is 0 Å². The van der Waals surface area contributed by atoms with Gasteiger partial charge in [0.05, 0.1) is 12.1 Å². The largest absolute Gasteiger partial charge is 0.612 e. The number of benzene rings is 1. The van der Waals surface area contributed by atoms with Gasteiger partial charge >= 0.3 is 0 Å². The van der Waals surface area contributed by atoms with Crippen LogP contribution in [0.15, 0.2) is 34.3 Å². The Morgan fingerprint density at radius 1 is 1.50 bits per heavy atom. The molecule has 0 aliphatic heterocycles. The molecule has 0 bridgehead atoms. The van der Waals surface area contributed by atoms with Crippen LogP contribution in [0.2, 0.25) is 0 Å². The Bertz CT molecular complexity index is 421. The van der Waals surface area contributed by atoms with Crippen LogP contribution in [0.1, 0.15) is 11.7 Å². The third-order valence-corrected chi connectivity index (χ3v) is 3.44. The zero-order valence-corrected chi connectivity index (χ0v) is 10.9. The second-order valence-corrected chi connectivity index (χ2v) is 4.99. The van der Waals surface area contributed by atoms with E-state index in [4.69, 9.17) is 10.3 Å². The molecular formula is C11H14FN3O2S. The van der Waals surface area contributed by atoms with Crippen LogP contribution in [0.3, 0.4) is 0 Å². The van der Waals surface area contributed by atoms with Crippen LogP contribution in [-0.2, 0) is 15.9 Å². The summed E-state index contributed by atoms with van der Waals surface area (Å²) >= 11 is -1.07. The van der Waals surface area contributed by atoms with Crippen molar-refractivity contribution in [1.82, 2.24) is 0 Å². The number of ether oxygens (including phenoxy) is 1. The molecule has 0 heterocycles. The summed E-state index contributed by atoms with van der Waals surface area (Å²) < 4.78 is 29.2. The molecule has 0 amide bonds. The second-order valence-electron chi connectivity index (χ2n) is 3.61. The molecule has 0 aromatic heterocycles. The normalized spacial score (nSPS) is 15.6. The van der Waals surface area contributed by atoms with Gasteiger partial charge < -0.3 is 9.29 Å². The lowest BCUT2D eigenvalue weighted by Crippen LogP contribution is -2.20. The van der Waals surface area contributed by atoms with Gasteiger partial charge in [0.15, 0.2) is 4.90 Å². The van der Waals surface area contributed by atoms with E-state index in [0.717, 1.165) is 0 Å². The molecule has 1 unspecified atom stereocenters. The monoisotopic (exact) mass is 271 g/mol. The van der Waals surface area contributed by atoms with Gasteiger partial charge in [0, 0.05) is 12.0 Å². The molecule has 98 valence electrons. The minimum atomic E-state index is -1.07. The lowest BCUT2D eigenvalue weighted by atomic mass is 10.0. The topological polar surface area (TPSA) is 81.0 Å². The fraction of sp³-hybridized carbons (Fsp3) is 0.455. The van der Waals surface area contributed by atoms with Gasteiger partial charge in [-0.2, -0.15) is 0 Å². The maximum Gasteiger partial charge on any atom is 0.152 e. The average molecular weight is 271 g/mol. The maximum absolute atomic E-state index is 12.8. The summed E-state index contributed by atoms with van der Waals surface area (Å²) in [4.78, 5) is 3.28. The summed E-state index contributed by atoms with van der Waals surface area (Å²) in [5.74, 6) is 0. The van der Waals surface area contributed by atoms with Gasteiger partial charge in [-0.05, 0) is 34.4 Å². The summed E-state index contributed by atoms with van der Waals surface area (Å²) in [6.45, 7) is -0.802. The first-order valence-electron chi connectivity index (χ1n) is 5.20. The Kier molecular flexibility index (Phi) is 5.94. The highest BCUT2D eigenvalue weighted by Crippen LogP contribution is 2.24. The smallest absolute Gasteiger partial charge is 0.152 e. The van der Waals surface area contributed by atoms with E-state index in [9.17, 15) is 8.94 Å². The minimum absolute atomic E-state index is 0.648. The molecule has 1 aromatic rings. The molecule has 3 atom stereocenters. The number of halogens is 1. The minimum Gasteiger partial charge on any atom is -0.612 e. The first kappa shape index (κ1) is 14.8. The molecule has 0 saturated carbocycles. The summed E-state index contributed by atoms with van der Waals surface area (Å²) in [5, 5.41) is 3.37. The summed E-state index contributed by atoms with van der Waals surface area (Å²) in [6.07, 6.45) is 0.929. The van der Waals surface area contributed by atoms with Crippen molar-refractivity contribution in [1.29, 1.82) is 0 Å². The highest BCUT2D eigenvalue weighted by atomic mass is 32.2. The summed E-state index contributed by atoms with van der Waals surface area (Å²) in [5.41, 5.74) is 9.05. The first-order valence-corrected chi connectivity index (χ1v) is 6.76. The van der Waals surface area contributed by atoms with Gasteiger partial charge in [-0.25, -0.2) is 0 Å². The Morgan fingerprint density at radius 3 is 2.50 bits per heavy atom. The molecular weight excluding hydrogens is 257 g/mol. The van der Waals surface area contributed by atoms with E-state index in [1.165, 1.54) is 7.11 Å². The molecule has 5 nitrogen and oxygen atoms in total. The Labute approximate surface area is 108 Å². The molecule has 0 spiro atoms. The van der Waals surface area contributed by atoms with Crippen molar-refractivity contribution in [3.8, 4) is 0 Å². The number of methoxy groups -OCH3 is 1. The molecule has 0 aliphatic rings. The fourth-order valence-electron chi connectivity index (χ4n) is 1.60. The number of hydrogen-bond acceptors (Lipinski definition) is 3. The predicted molar refractivity (Wildman–Crippen MR) is 67.4 cm³/mol. The zero-order chi connectivity index (χ0) is 13.5. The van der Waals surface area contributed by atoms with E-state index in [1.807, 2.05) is 0 Å². The SMILES string of the molecule is CO[C@H](c1ccc([S+](C)[O-])cc1)[C@@H](CF)N=[N+]=[N-]. The van der Waals surface area contributed by atoms with Crippen LogP contribution in [0.4, 0.5) is 4.39 Å². The number of azide groups is 1. The second kappa shape index (κ2) is 7.23. The Morgan fingerprint density at radius 2 is 2.11 bits per heavy atom. The Hall–Kier alpha value is -1.27. The van der Waals surface area contributed by atoms with Crippen LogP contribution in [0.25, 0.3) is 10.4 Å². The maximum atomic E-state index is 12.8. The van der Waals surface area contributed by atoms with Crippen molar-refractivity contribution in [3.63, 3.8) is 0 Å². The van der Waals surface area contributed by atoms with E-state index in [0.29, 0.717) is 10.5 Å². The van der Waals surface area contributed by atoms with Gasteiger partial charge in [-0.3, -0.25) is 4.39 Å². The van der Waals surface area contributed by atoms with Gasteiger partial charge in [-0.1, -0.05) is 17.2 Å². The molecule has 0 aliphatic carbocycles. The van der Waals surface area contributed by atoms with Crippen molar-refractivity contribution >= 4 is 11.2 Å². The lowest BCUT2D eigenvalue weighted by Gasteiger charge is -2.20. The molecule has 0 N–H and O–H groups in total. The highest BCUT2D eigenvalue weighted by Gasteiger charge is 2.22. The number of nitrogens with zero attached hydrogens (tertiary/aromatic N) is 3. The third-order valence-electron chi connectivity index (χ3n) is 2.50. The van der Waals surface area contributed by atoms with Crippen molar-refractivity contribution < 1.29 is 13.7 Å². The number of rotatable bonds is 6. The van der Waals surface area contributed by atoms with Crippen LogP contribution < -0.4 is 0 Å². The van der Waals surface area contributed by atoms with E-state index < -0.39 is 30.0 Å². The summed E-state index contributed by atoms with van der Waals surface area (Å²) in [7, 11) is 1.42. The molecule has 0 radical (unpaired) electrons. The first-order chi connectivity index (χ1) is 8.63.